The smallest absolute Gasteiger partial charge is 0.490 e. The van der Waals surface area contributed by atoms with E-state index in [9.17, 15) is 57.5 Å². The monoisotopic (exact) mass is 1020 g/mol. The zero-order chi connectivity index (χ0) is 51.5. The van der Waals surface area contributed by atoms with Gasteiger partial charge in [-0.05, 0) is 61.9 Å². The molecule has 384 valence electrons. The van der Waals surface area contributed by atoms with Gasteiger partial charge in [0.05, 0.1) is 68.1 Å². The number of rotatable bonds is 22. The summed E-state index contributed by atoms with van der Waals surface area (Å²) in [4.78, 5) is 47.7. The summed E-state index contributed by atoms with van der Waals surface area (Å²) in [6, 6.07) is 5.91. The Morgan fingerprint density at radius 2 is 1.38 bits per heavy atom. The van der Waals surface area contributed by atoms with Crippen LogP contribution in [0.4, 0.5) is 39.5 Å². The zero-order valence-corrected chi connectivity index (χ0v) is 39.4. The first-order valence-electron chi connectivity index (χ1n) is 21.5. The Bertz CT molecular complexity index is 2200. The minimum atomic E-state index is -5.19. The highest BCUT2D eigenvalue weighted by Gasteiger charge is 2.43. The van der Waals surface area contributed by atoms with Crippen molar-refractivity contribution in [1.82, 2.24) is 15.6 Å². The van der Waals surface area contributed by atoms with Crippen LogP contribution in [0.2, 0.25) is 0 Å². The molecule has 0 saturated carbocycles. The molecule has 0 bridgehead atoms. The minimum absolute atomic E-state index is 0.123. The predicted molar refractivity (Wildman–Crippen MR) is 232 cm³/mol. The molecular weight excluding hydrogens is 966 g/mol. The Balaban J connectivity index is 0.000000982. The number of carbonyl (C=O) groups is 4. The first-order chi connectivity index (χ1) is 31.4. The van der Waals surface area contributed by atoms with Crippen molar-refractivity contribution in [3.8, 4) is 5.75 Å². The Hall–Kier alpha value is -4.75. The summed E-state index contributed by atoms with van der Waals surface area (Å²) < 4.78 is 137. The fourth-order valence-corrected chi connectivity index (χ4v) is 9.26. The van der Waals surface area contributed by atoms with Crippen molar-refractivity contribution in [3.05, 3.63) is 58.4 Å². The van der Waals surface area contributed by atoms with E-state index in [0.717, 1.165) is 66.9 Å². The number of amides is 2. The fraction of sp³-hybridized carbons (Fsp3) is 0.605. The van der Waals surface area contributed by atoms with Crippen molar-refractivity contribution >= 4 is 55.1 Å². The number of fused-ring (bicyclic) bond motifs is 1. The van der Waals surface area contributed by atoms with Crippen LogP contribution in [-0.2, 0) is 41.0 Å². The molecule has 4 rings (SSSR count). The normalized spacial score (nSPS) is 15.0. The number of hydrogen-bond acceptors (Lipinski definition) is 11. The molecule has 0 unspecified atom stereocenters. The van der Waals surface area contributed by atoms with E-state index in [0.29, 0.717) is 35.4 Å². The van der Waals surface area contributed by atoms with Crippen LogP contribution < -0.4 is 26.2 Å². The molecule has 0 spiro atoms. The number of unbranched alkanes of at least 4 members (excludes halogenated alkanes) is 8. The van der Waals surface area contributed by atoms with Gasteiger partial charge in [-0.1, -0.05) is 44.9 Å². The van der Waals surface area contributed by atoms with E-state index in [1.165, 1.54) is 30.6 Å². The van der Waals surface area contributed by atoms with E-state index in [1.807, 2.05) is 18.2 Å². The number of nitrogens with one attached hydrogen (secondary N) is 2. The maximum absolute atomic E-state index is 14.2. The van der Waals surface area contributed by atoms with Gasteiger partial charge in [-0.2, -0.15) is 26.3 Å². The van der Waals surface area contributed by atoms with Crippen LogP contribution >= 0.6 is 11.3 Å². The molecular formula is C43H58F9N5O9S2. The van der Waals surface area contributed by atoms with E-state index < -0.39 is 69.1 Å². The molecule has 2 heterocycles. The highest BCUT2D eigenvalue weighted by molar-refractivity contribution is 7.91. The van der Waals surface area contributed by atoms with Gasteiger partial charge in [0.25, 0.3) is 0 Å². The van der Waals surface area contributed by atoms with Crippen LogP contribution in [0.1, 0.15) is 94.0 Å². The quantitative estimate of drug-likeness (QED) is 0.0383. The first kappa shape index (κ1) is 59.4. The van der Waals surface area contributed by atoms with E-state index in [-0.39, 0.29) is 48.7 Å². The molecule has 68 heavy (non-hydrogen) atoms. The minimum Gasteiger partial charge on any atom is -0.542 e. The molecule has 14 nitrogen and oxygen atoms in total. The van der Waals surface area contributed by atoms with Gasteiger partial charge in [0.15, 0.2) is 21.5 Å². The maximum Gasteiger partial charge on any atom is 0.490 e. The number of alkyl halides is 6. The molecule has 25 heteroatoms. The van der Waals surface area contributed by atoms with Crippen LogP contribution in [0.25, 0.3) is 10.2 Å². The Morgan fingerprint density at radius 1 is 0.853 bits per heavy atom. The topological polar surface area (TPSA) is 218 Å². The summed E-state index contributed by atoms with van der Waals surface area (Å²) in [7, 11) is 3.06. The van der Waals surface area contributed by atoms with Crippen LogP contribution in [0.3, 0.4) is 0 Å². The lowest BCUT2D eigenvalue weighted by Crippen LogP contribution is -2.51. The van der Waals surface area contributed by atoms with Crippen molar-refractivity contribution in [2.45, 2.75) is 114 Å². The number of aromatic nitrogens is 1. The van der Waals surface area contributed by atoms with Crippen LogP contribution in [0, 0.1) is 17.5 Å². The number of quaternary nitrogens is 1. The second kappa shape index (κ2) is 26.9. The Labute approximate surface area is 392 Å². The van der Waals surface area contributed by atoms with Gasteiger partial charge in [-0.15, -0.1) is 11.3 Å². The number of thiazole rings is 1. The Morgan fingerprint density at radius 3 is 1.91 bits per heavy atom. The molecule has 1 aliphatic rings. The van der Waals surface area contributed by atoms with Gasteiger partial charge in [-0.3, -0.25) is 9.59 Å². The number of carboxylic acids is 2. The van der Waals surface area contributed by atoms with Gasteiger partial charge in [0.1, 0.15) is 22.5 Å². The van der Waals surface area contributed by atoms with Crippen LogP contribution in [-0.4, -0.2) is 117 Å². The van der Waals surface area contributed by atoms with Crippen molar-refractivity contribution in [1.29, 1.82) is 0 Å². The number of aliphatic carboxylic acids is 2. The molecule has 0 aliphatic carbocycles. The third-order valence-electron chi connectivity index (χ3n) is 10.2. The molecule has 1 fully saturated rings. The molecule has 3 aromatic rings. The van der Waals surface area contributed by atoms with Gasteiger partial charge in [0.2, 0.25) is 11.8 Å². The SMILES string of the molecule is C[N+](C)(C)CCNC(=O)CCCCCCCCCCCOc1ccc2nc(C3(NC(=O)C[C@H](N)Cc4cc(F)c(F)cc4F)CCS(=O)(=O)CC3)sc2c1.O=C(O)C(F)(F)F.O=C([O-])C(F)(F)F. The summed E-state index contributed by atoms with van der Waals surface area (Å²) in [6.07, 6.45) is 0.0519. The molecule has 2 amide bonds. The zero-order valence-electron chi connectivity index (χ0n) is 37.8. The standard InChI is InChI=1S/C39H56F3N5O5S2.2C2HF3O2/c1-47(2,3)19-18-44-36(48)13-11-9-7-5-4-6-8-10-12-20-52-30-14-15-34-35(26-30)53-38(45-34)39(16-21-54(50,51)22-17-39)46-37(49)25-29(43)23-28-24-32(41)33(42)27-31(28)40;2*3-2(4,5)1(6)7/h14-15,24,26-27,29H,4-13,16-23,25,43H2,1-3H3,(H-,44,46,48,49);2*(H,6,7)/t29-;;/m1../s1. The first-order valence-corrected chi connectivity index (χ1v) is 24.2. The van der Waals surface area contributed by atoms with E-state index in [4.69, 9.17) is 35.3 Å². The second-order valence-electron chi connectivity index (χ2n) is 17.2. The molecule has 5 N–H and O–H groups in total. The molecule has 2 aromatic carbocycles. The fourth-order valence-electron chi connectivity index (χ4n) is 6.54. The highest BCUT2D eigenvalue weighted by Crippen LogP contribution is 2.39. The maximum atomic E-state index is 14.2. The van der Waals surface area contributed by atoms with E-state index in [1.54, 1.807) is 0 Å². The summed E-state index contributed by atoms with van der Waals surface area (Å²) in [5.74, 6) is -9.09. The van der Waals surface area contributed by atoms with Crippen molar-refractivity contribution in [2.75, 3.05) is 52.3 Å². The second-order valence-corrected chi connectivity index (χ2v) is 20.5. The number of benzene rings is 2. The van der Waals surface area contributed by atoms with Gasteiger partial charge in [0, 0.05) is 24.9 Å². The van der Waals surface area contributed by atoms with Gasteiger partial charge >= 0.3 is 18.3 Å². The third-order valence-corrected chi connectivity index (χ3v) is 13.1. The predicted octanol–water partition coefficient (Wildman–Crippen LogP) is 6.23. The van der Waals surface area contributed by atoms with Crippen LogP contribution in [0.15, 0.2) is 30.3 Å². The average Bonchev–Trinajstić information content (AvgIpc) is 3.65. The number of nitrogens with zero attached hydrogens (tertiary/aromatic N) is 2. The highest BCUT2D eigenvalue weighted by atomic mass is 32.2. The Kier molecular flexibility index (Phi) is 23.4. The number of ether oxygens (including phenoxy) is 1. The number of hydrogen-bond donors (Lipinski definition) is 4. The number of halogens is 9. The molecule has 1 atom stereocenters. The molecule has 1 aliphatic heterocycles. The average molecular weight is 1020 g/mol. The number of carbonyl (C=O) groups excluding carboxylic acids is 3. The lowest BCUT2D eigenvalue weighted by molar-refractivity contribution is -0.869. The largest absolute Gasteiger partial charge is 0.542 e. The van der Waals surface area contributed by atoms with E-state index in [2.05, 4.69) is 31.8 Å². The molecule has 1 saturated heterocycles. The summed E-state index contributed by atoms with van der Waals surface area (Å²) in [5, 5.41) is 22.5. The summed E-state index contributed by atoms with van der Waals surface area (Å²) in [6.45, 7) is 2.22. The number of carboxylic acid groups (broad SMARTS) is 2. The summed E-state index contributed by atoms with van der Waals surface area (Å²) >= 11 is 1.37. The lowest BCUT2D eigenvalue weighted by atomic mass is 9.92. The summed E-state index contributed by atoms with van der Waals surface area (Å²) in [5.41, 5.74) is 5.65. The van der Waals surface area contributed by atoms with E-state index >= 15 is 0 Å². The lowest BCUT2D eigenvalue weighted by Gasteiger charge is -2.36. The van der Waals surface area contributed by atoms with Gasteiger partial charge < -0.3 is 40.6 Å². The molecule has 1 aromatic heterocycles. The van der Waals surface area contributed by atoms with Crippen molar-refractivity contribution in [2.24, 2.45) is 5.73 Å². The molecule has 0 radical (unpaired) electrons. The van der Waals surface area contributed by atoms with Crippen molar-refractivity contribution < 1.29 is 86.5 Å². The van der Waals surface area contributed by atoms with Crippen LogP contribution in [0.5, 0.6) is 5.75 Å². The van der Waals surface area contributed by atoms with Gasteiger partial charge in [-0.25, -0.2) is 31.4 Å². The van der Waals surface area contributed by atoms with Crippen molar-refractivity contribution in [3.63, 3.8) is 0 Å². The number of nitrogens with two attached hydrogens (primary N) is 1. The number of likely N-dealkylation sites (N-methyl/N-ethyl adjacent to an activating group) is 1. The third kappa shape index (κ3) is 22.6. The number of sulfone groups is 1.